The molecule has 1 aromatic heterocycles. The summed E-state index contributed by atoms with van der Waals surface area (Å²) < 4.78 is 1.66. The molecule has 7 heteroatoms. The average molecular weight is 505 g/mol. The zero-order valence-electron chi connectivity index (χ0n) is 19.2. The van der Waals surface area contributed by atoms with Crippen LogP contribution in [0.4, 0.5) is 0 Å². The molecule has 0 saturated carbocycles. The van der Waals surface area contributed by atoms with Gasteiger partial charge in [-0.2, -0.15) is 5.10 Å². The molecule has 3 aromatic carbocycles. The number of aromatic nitrogens is 2. The van der Waals surface area contributed by atoms with Crippen LogP contribution in [0.3, 0.4) is 0 Å². The molecule has 0 spiro atoms. The van der Waals surface area contributed by atoms with E-state index in [0.717, 1.165) is 43.7 Å². The van der Waals surface area contributed by atoms with E-state index in [4.69, 9.17) is 28.3 Å². The smallest absolute Gasteiger partial charge is 0.270 e. The van der Waals surface area contributed by atoms with Crippen molar-refractivity contribution in [2.75, 3.05) is 13.1 Å². The van der Waals surface area contributed by atoms with Crippen molar-refractivity contribution in [1.29, 1.82) is 0 Å². The molecule has 1 amide bonds. The first-order chi connectivity index (χ1) is 17.1. The Bertz CT molecular complexity index is 1300. The van der Waals surface area contributed by atoms with Gasteiger partial charge in [-0.05, 0) is 54.8 Å². The van der Waals surface area contributed by atoms with Crippen molar-refractivity contribution in [3.05, 3.63) is 106 Å². The maximum absolute atomic E-state index is 13.4. The zero-order valence-corrected chi connectivity index (χ0v) is 20.7. The summed E-state index contributed by atoms with van der Waals surface area (Å²) in [6.07, 6.45) is 1.82. The van der Waals surface area contributed by atoms with Crippen molar-refractivity contribution < 1.29 is 4.79 Å². The lowest BCUT2D eigenvalue weighted by Gasteiger charge is -2.32. The number of hydrogen-bond acceptors (Lipinski definition) is 3. The molecule has 0 bridgehead atoms. The van der Waals surface area contributed by atoms with Crippen molar-refractivity contribution >= 4 is 29.1 Å². The average Bonchev–Trinajstić information content (AvgIpc) is 3.32. The van der Waals surface area contributed by atoms with Crippen LogP contribution < -0.4 is 5.32 Å². The van der Waals surface area contributed by atoms with Crippen LogP contribution >= 0.6 is 23.2 Å². The van der Waals surface area contributed by atoms with E-state index in [1.165, 1.54) is 5.56 Å². The van der Waals surface area contributed by atoms with E-state index in [-0.39, 0.29) is 11.9 Å². The second-order valence-electron chi connectivity index (χ2n) is 8.79. The second kappa shape index (κ2) is 10.6. The van der Waals surface area contributed by atoms with E-state index in [1.54, 1.807) is 22.9 Å². The van der Waals surface area contributed by atoms with Crippen molar-refractivity contribution in [3.8, 4) is 16.9 Å². The van der Waals surface area contributed by atoms with Gasteiger partial charge in [0.25, 0.3) is 5.91 Å². The molecular weight excluding hydrogens is 479 g/mol. The molecule has 1 N–H and O–H groups in total. The standard InChI is InChI=1S/C28H26Cl2N4O/c29-21-10-12-23(13-11-21)34-27(18-26(32-34)24-8-4-5-9-25(24)30)28(35)31-22-14-16-33(17-15-22)19-20-6-2-1-3-7-20/h1-13,18,22H,14-17,19H2,(H,31,35). The summed E-state index contributed by atoms with van der Waals surface area (Å²) in [6.45, 7) is 2.83. The van der Waals surface area contributed by atoms with E-state index in [0.29, 0.717) is 21.4 Å². The molecule has 0 aliphatic carbocycles. The summed E-state index contributed by atoms with van der Waals surface area (Å²) in [5, 5.41) is 9.18. The molecule has 1 saturated heterocycles. The van der Waals surface area contributed by atoms with Gasteiger partial charge in [0.15, 0.2) is 0 Å². The normalized spacial score (nSPS) is 14.7. The molecular formula is C28H26Cl2N4O. The van der Waals surface area contributed by atoms with E-state index in [9.17, 15) is 4.79 Å². The SMILES string of the molecule is O=C(NC1CCN(Cc2ccccc2)CC1)c1cc(-c2ccccc2Cl)nn1-c1ccc(Cl)cc1. The largest absolute Gasteiger partial charge is 0.348 e. The Morgan fingerprint density at radius 3 is 2.31 bits per heavy atom. The first kappa shape index (κ1) is 23.6. The summed E-state index contributed by atoms with van der Waals surface area (Å²) >= 11 is 12.5. The first-order valence-corrected chi connectivity index (χ1v) is 12.5. The molecule has 0 atom stereocenters. The number of benzene rings is 3. The molecule has 1 aliphatic heterocycles. The number of rotatable bonds is 6. The third-order valence-corrected chi connectivity index (χ3v) is 6.92. The first-order valence-electron chi connectivity index (χ1n) is 11.7. The van der Waals surface area contributed by atoms with Crippen molar-refractivity contribution in [2.24, 2.45) is 0 Å². The minimum atomic E-state index is -0.146. The quantitative estimate of drug-likeness (QED) is 0.338. The monoisotopic (exact) mass is 504 g/mol. The number of carbonyl (C=O) groups is 1. The zero-order chi connectivity index (χ0) is 24.2. The molecule has 1 fully saturated rings. The van der Waals surface area contributed by atoms with Crippen LogP contribution in [0.15, 0.2) is 84.9 Å². The number of amides is 1. The van der Waals surface area contributed by atoms with Crippen LogP contribution in [0.5, 0.6) is 0 Å². The fraction of sp³-hybridized carbons (Fsp3) is 0.214. The predicted molar refractivity (Wildman–Crippen MR) is 141 cm³/mol. The number of carbonyl (C=O) groups excluding carboxylic acids is 1. The topological polar surface area (TPSA) is 50.2 Å². The summed E-state index contributed by atoms with van der Waals surface area (Å²) in [5.41, 5.74) is 3.97. The van der Waals surface area contributed by atoms with Crippen LogP contribution in [0, 0.1) is 0 Å². The van der Waals surface area contributed by atoms with Crippen molar-refractivity contribution in [3.63, 3.8) is 0 Å². The Morgan fingerprint density at radius 1 is 0.914 bits per heavy atom. The van der Waals surface area contributed by atoms with Crippen LogP contribution in [0.25, 0.3) is 16.9 Å². The van der Waals surface area contributed by atoms with E-state index >= 15 is 0 Å². The van der Waals surface area contributed by atoms with Gasteiger partial charge in [-0.3, -0.25) is 9.69 Å². The highest BCUT2D eigenvalue weighted by atomic mass is 35.5. The Hall–Kier alpha value is -3.12. The molecule has 2 heterocycles. The van der Waals surface area contributed by atoms with Gasteiger partial charge in [0, 0.05) is 36.3 Å². The molecule has 1 aliphatic rings. The van der Waals surface area contributed by atoms with Gasteiger partial charge in [-0.15, -0.1) is 0 Å². The summed E-state index contributed by atoms with van der Waals surface area (Å²) in [4.78, 5) is 15.9. The number of hydrogen-bond donors (Lipinski definition) is 1. The Kier molecular flexibility index (Phi) is 7.19. The fourth-order valence-electron chi connectivity index (χ4n) is 4.46. The number of halogens is 2. The molecule has 178 valence electrons. The Balaban J connectivity index is 1.33. The minimum Gasteiger partial charge on any atom is -0.348 e. The van der Waals surface area contributed by atoms with Gasteiger partial charge in [-0.1, -0.05) is 71.7 Å². The maximum Gasteiger partial charge on any atom is 0.270 e. The van der Waals surface area contributed by atoms with Gasteiger partial charge in [0.1, 0.15) is 5.69 Å². The number of likely N-dealkylation sites (tertiary alicyclic amines) is 1. The van der Waals surface area contributed by atoms with E-state index < -0.39 is 0 Å². The van der Waals surface area contributed by atoms with Gasteiger partial charge >= 0.3 is 0 Å². The van der Waals surface area contributed by atoms with Crippen LogP contribution in [-0.4, -0.2) is 39.7 Å². The molecule has 0 unspecified atom stereocenters. The van der Waals surface area contributed by atoms with Crippen LogP contribution in [0.2, 0.25) is 10.0 Å². The number of piperidine rings is 1. The summed E-state index contributed by atoms with van der Waals surface area (Å²) in [5.74, 6) is -0.146. The molecule has 5 nitrogen and oxygen atoms in total. The van der Waals surface area contributed by atoms with Crippen molar-refractivity contribution in [1.82, 2.24) is 20.0 Å². The minimum absolute atomic E-state index is 0.117. The highest BCUT2D eigenvalue weighted by Gasteiger charge is 2.24. The lowest BCUT2D eigenvalue weighted by Crippen LogP contribution is -2.44. The lowest BCUT2D eigenvalue weighted by atomic mass is 10.0. The summed E-state index contributed by atoms with van der Waals surface area (Å²) in [6, 6.07) is 27.2. The van der Waals surface area contributed by atoms with Gasteiger partial charge in [-0.25, -0.2) is 4.68 Å². The highest BCUT2D eigenvalue weighted by molar-refractivity contribution is 6.33. The molecule has 5 rings (SSSR count). The second-order valence-corrected chi connectivity index (χ2v) is 9.64. The molecule has 0 radical (unpaired) electrons. The maximum atomic E-state index is 13.4. The predicted octanol–water partition coefficient (Wildman–Crippen LogP) is 6.24. The molecule has 4 aromatic rings. The van der Waals surface area contributed by atoms with Gasteiger partial charge in [0.2, 0.25) is 0 Å². The fourth-order valence-corrected chi connectivity index (χ4v) is 4.82. The third-order valence-electron chi connectivity index (χ3n) is 6.33. The van der Waals surface area contributed by atoms with E-state index in [1.807, 2.05) is 42.5 Å². The van der Waals surface area contributed by atoms with E-state index in [2.05, 4.69) is 34.5 Å². The lowest BCUT2D eigenvalue weighted by molar-refractivity contribution is 0.0901. The van der Waals surface area contributed by atoms with Crippen LogP contribution in [-0.2, 0) is 6.54 Å². The molecule has 35 heavy (non-hydrogen) atoms. The Labute approximate surface area is 215 Å². The Morgan fingerprint density at radius 2 is 1.60 bits per heavy atom. The van der Waals surface area contributed by atoms with Gasteiger partial charge in [0.05, 0.1) is 16.4 Å². The number of nitrogens with one attached hydrogen (secondary N) is 1. The van der Waals surface area contributed by atoms with Gasteiger partial charge < -0.3 is 5.32 Å². The summed E-state index contributed by atoms with van der Waals surface area (Å²) in [7, 11) is 0. The van der Waals surface area contributed by atoms with Crippen LogP contribution in [0.1, 0.15) is 28.9 Å². The highest BCUT2D eigenvalue weighted by Crippen LogP contribution is 2.28. The third kappa shape index (κ3) is 5.59. The number of nitrogens with zero attached hydrogens (tertiary/aromatic N) is 3. The van der Waals surface area contributed by atoms with Crippen molar-refractivity contribution in [2.45, 2.75) is 25.4 Å².